The molecule has 0 fully saturated rings. The fourth-order valence-corrected chi connectivity index (χ4v) is 2.35. The van der Waals surface area contributed by atoms with Gasteiger partial charge in [0.25, 0.3) is 0 Å². The van der Waals surface area contributed by atoms with E-state index in [0.29, 0.717) is 0 Å². The highest BCUT2D eigenvalue weighted by Gasteiger charge is 2.03. The lowest BCUT2D eigenvalue weighted by molar-refractivity contribution is 1.33. The number of hydrogen-bond donors (Lipinski definition) is 0. The molecule has 1 aromatic carbocycles. The van der Waals surface area contributed by atoms with Crippen molar-refractivity contribution >= 4 is 21.9 Å². The highest BCUT2D eigenvalue weighted by molar-refractivity contribution is 5.85. The molecular formula is C17H11N3. The molecule has 0 radical (unpaired) electrons. The molecule has 4 aromatic rings. The van der Waals surface area contributed by atoms with Crippen molar-refractivity contribution < 1.29 is 0 Å². The fraction of sp³-hybridized carbons (Fsp3) is 0. The number of aromatic nitrogens is 3. The summed E-state index contributed by atoms with van der Waals surface area (Å²) in [7, 11) is 0. The fourth-order valence-electron chi connectivity index (χ4n) is 2.35. The molecule has 0 saturated carbocycles. The summed E-state index contributed by atoms with van der Waals surface area (Å²) in [5, 5.41) is 1.12. The Bertz CT molecular complexity index is 838. The average molecular weight is 257 g/mol. The predicted molar refractivity (Wildman–Crippen MR) is 80.3 cm³/mol. The average Bonchev–Trinajstić information content (AvgIpc) is 2.54. The van der Waals surface area contributed by atoms with Crippen LogP contribution in [-0.2, 0) is 0 Å². The van der Waals surface area contributed by atoms with Crippen molar-refractivity contribution in [3.05, 3.63) is 67.0 Å². The first kappa shape index (κ1) is 11.1. The topological polar surface area (TPSA) is 38.7 Å². The zero-order chi connectivity index (χ0) is 13.4. The first-order valence-electron chi connectivity index (χ1n) is 6.47. The van der Waals surface area contributed by atoms with Crippen LogP contribution in [0.25, 0.3) is 33.2 Å². The number of hydrogen-bond acceptors (Lipinski definition) is 3. The van der Waals surface area contributed by atoms with Crippen LogP contribution in [0.15, 0.2) is 67.0 Å². The Labute approximate surface area is 116 Å². The molecular weight excluding hydrogens is 246 g/mol. The third kappa shape index (κ3) is 1.80. The van der Waals surface area contributed by atoms with E-state index in [1.165, 1.54) is 0 Å². The molecule has 0 spiro atoms. The van der Waals surface area contributed by atoms with Crippen LogP contribution in [0.1, 0.15) is 0 Å². The molecule has 0 aliphatic carbocycles. The van der Waals surface area contributed by atoms with Gasteiger partial charge in [-0.3, -0.25) is 9.97 Å². The van der Waals surface area contributed by atoms with E-state index in [2.05, 4.69) is 33.2 Å². The number of pyridine rings is 3. The Hall–Kier alpha value is -2.81. The smallest absolute Gasteiger partial charge is 0.0894 e. The molecule has 3 heteroatoms. The summed E-state index contributed by atoms with van der Waals surface area (Å²) in [4.78, 5) is 13.3. The Morgan fingerprint density at radius 2 is 1.45 bits per heavy atom. The lowest BCUT2D eigenvalue weighted by Gasteiger charge is -2.04. The molecule has 3 heterocycles. The van der Waals surface area contributed by atoms with Crippen molar-refractivity contribution in [2.45, 2.75) is 0 Å². The van der Waals surface area contributed by atoms with Gasteiger partial charge in [0.2, 0.25) is 0 Å². The van der Waals surface area contributed by atoms with Crippen LogP contribution in [0.4, 0.5) is 0 Å². The standard InChI is InChI=1S/C17H11N3/c1-3-12-11-13(5-6-14(12)18-9-1)15-7-8-16-17(20-15)4-2-10-19-16/h1-11H. The van der Waals surface area contributed by atoms with Gasteiger partial charge in [-0.25, -0.2) is 4.98 Å². The largest absolute Gasteiger partial charge is 0.256 e. The van der Waals surface area contributed by atoms with Crippen molar-refractivity contribution in [1.29, 1.82) is 0 Å². The second kappa shape index (κ2) is 4.38. The summed E-state index contributed by atoms with van der Waals surface area (Å²) in [6.45, 7) is 0. The van der Waals surface area contributed by atoms with E-state index in [-0.39, 0.29) is 0 Å². The van der Waals surface area contributed by atoms with Gasteiger partial charge in [0, 0.05) is 23.3 Å². The quantitative estimate of drug-likeness (QED) is 0.520. The summed E-state index contributed by atoms with van der Waals surface area (Å²) in [6.07, 6.45) is 3.59. The first-order valence-corrected chi connectivity index (χ1v) is 6.47. The molecule has 3 nitrogen and oxygen atoms in total. The number of benzene rings is 1. The van der Waals surface area contributed by atoms with Crippen LogP contribution < -0.4 is 0 Å². The molecule has 0 unspecified atom stereocenters. The molecule has 3 aromatic heterocycles. The molecule has 20 heavy (non-hydrogen) atoms. The number of nitrogens with zero attached hydrogens (tertiary/aromatic N) is 3. The van der Waals surface area contributed by atoms with Crippen LogP contribution in [0, 0.1) is 0 Å². The lowest BCUT2D eigenvalue weighted by atomic mass is 10.1. The third-order valence-electron chi connectivity index (χ3n) is 3.35. The Balaban J connectivity index is 1.91. The first-order chi connectivity index (χ1) is 9.90. The summed E-state index contributed by atoms with van der Waals surface area (Å²) in [5.41, 5.74) is 4.88. The van der Waals surface area contributed by atoms with Crippen LogP contribution in [0.2, 0.25) is 0 Å². The molecule has 0 bridgehead atoms. The molecule has 0 amide bonds. The van der Waals surface area contributed by atoms with E-state index in [1.807, 2.05) is 42.6 Å². The summed E-state index contributed by atoms with van der Waals surface area (Å²) < 4.78 is 0. The van der Waals surface area contributed by atoms with Crippen LogP contribution in [0.3, 0.4) is 0 Å². The Morgan fingerprint density at radius 3 is 2.40 bits per heavy atom. The molecule has 0 aliphatic heterocycles. The summed E-state index contributed by atoms with van der Waals surface area (Å²) in [6, 6.07) is 18.1. The second-order valence-electron chi connectivity index (χ2n) is 4.65. The zero-order valence-electron chi connectivity index (χ0n) is 10.7. The van der Waals surface area contributed by atoms with Crippen molar-refractivity contribution in [3.8, 4) is 11.3 Å². The van der Waals surface area contributed by atoms with E-state index in [1.54, 1.807) is 6.20 Å². The van der Waals surface area contributed by atoms with E-state index in [4.69, 9.17) is 0 Å². The molecule has 94 valence electrons. The highest BCUT2D eigenvalue weighted by atomic mass is 14.8. The maximum Gasteiger partial charge on any atom is 0.0894 e. The highest BCUT2D eigenvalue weighted by Crippen LogP contribution is 2.23. The molecule has 0 N–H and O–H groups in total. The SMILES string of the molecule is c1cnc2ccc(-c3ccc4ncccc4n3)cc2c1. The summed E-state index contributed by atoms with van der Waals surface area (Å²) in [5.74, 6) is 0. The van der Waals surface area contributed by atoms with Crippen molar-refractivity contribution in [2.24, 2.45) is 0 Å². The van der Waals surface area contributed by atoms with Gasteiger partial charge in [-0.05, 0) is 42.5 Å². The van der Waals surface area contributed by atoms with Gasteiger partial charge in [0.15, 0.2) is 0 Å². The van der Waals surface area contributed by atoms with Crippen LogP contribution >= 0.6 is 0 Å². The van der Waals surface area contributed by atoms with Gasteiger partial charge in [-0.15, -0.1) is 0 Å². The Morgan fingerprint density at radius 1 is 0.650 bits per heavy atom. The normalized spacial score (nSPS) is 11.0. The van der Waals surface area contributed by atoms with Crippen LogP contribution in [-0.4, -0.2) is 15.0 Å². The van der Waals surface area contributed by atoms with Gasteiger partial charge >= 0.3 is 0 Å². The number of fused-ring (bicyclic) bond motifs is 2. The minimum Gasteiger partial charge on any atom is -0.256 e. The van der Waals surface area contributed by atoms with E-state index in [9.17, 15) is 0 Å². The predicted octanol–water partition coefficient (Wildman–Crippen LogP) is 3.85. The zero-order valence-corrected chi connectivity index (χ0v) is 10.7. The molecule has 0 aliphatic rings. The van der Waals surface area contributed by atoms with Gasteiger partial charge in [0.05, 0.1) is 22.2 Å². The molecule has 0 saturated heterocycles. The van der Waals surface area contributed by atoms with Crippen molar-refractivity contribution in [1.82, 2.24) is 15.0 Å². The van der Waals surface area contributed by atoms with Crippen molar-refractivity contribution in [3.63, 3.8) is 0 Å². The monoisotopic (exact) mass is 257 g/mol. The molecule has 4 rings (SSSR count). The maximum absolute atomic E-state index is 4.67. The van der Waals surface area contributed by atoms with E-state index >= 15 is 0 Å². The van der Waals surface area contributed by atoms with Crippen LogP contribution in [0.5, 0.6) is 0 Å². The van der Waals surface area contributed by atoms with Crippen molar-refractivity contribution in [2.75, 3.05) is 0 Å². The second-order valence-corrected chi connectivity index (χ2v) is 4.65. The van der Waals surface area contributed by atoms with Gasteiger partial charge in [0.1, 0.15) is 0 Å². The maximum atomic E-state index is 4.67. The minimum atomic E-state index is 0.913. The van der Waals surface area contributed by atoms with Gasteiger partial charge in [-0.2, -0.15) is 0 Å². The number of rotatable bonds is 1. The molecule has 0 atom stereocenters. The lowest BCUT2D eigenvalue weighted by Crippen LogP contribution is -1.87. The minimum absolute atomic E-state index is 0.913. The van der Waals surface area contributed by atoms with E-state index < -0.39 is 0 Å². The van der Waals surface area contributed by atoms with E-state index in [0.717, 1.165) is 33.2 Å². The van der Waals surface area contributed by atoms with Gasteiger partial charge < -0.3 is 0 Å². The summed E-state index contributed by atoms with van der Waals surface area (Å²) >= 11 is 0. The van der Waals surface area contributed by atoms with Gasteiger partial charge in [-0.1, -0.05) is 12.1 Å². The third-order valence-corrected chi connectivity index (χ3v) is 3.35. The Kier molecular flexibility index (Phi) is 2.42.